The van der Waals surface area contributed by atoms with Crippen LogP contribution >= 0.6 is 11.8 Å². The van der Waals surface area contributed by atoms with Gasteiger partial charge in [0.2, 0.25) is 0 Å². The van der Waals surface area contributed by atoms with Gasteiger partial charge in [0, 0.05) is 23.4 Å². The zero-order valence-electron chi connectivity index (χ0n) is 16.2. The Morgan fingerprint density at radius 3 is 2.21 bits per heavy atom. The van der Waals surface area contributed by atoms with Crippen molar-refractivity contribution in [1.82, 2.24) is 15.2 Å². The van der Waals surface area contributed by atoms with Gasteiger partial charge in [0.25, 0.3) is 11.1 Å². The van der Waals surface area contributed by atoms with Crippen molar-refractivity contribution in [3.63, 3.8) is 0 Å². The summed E-state index contributed by atoms with van der Waals surface area (Å²) in [6, 6.07) is 19.4. The molecule has 3 amide bonds. The van der Waals surface area contributed by atoms with Gasteiger partial charge in [-0.2, -0.15) is 0 Å². The van der Waals surface area contributed by atoms with Crippen molar-refractivity contribution in [2.75, 3.05) is 12.3 Å². The summed E-state index contributed by atoms with van der Waals surface area (Å²) in [5.74, 6) is 0.985. The van der Waals surface area contributed by atoms with Crippen molar-refractivity contribution in [3.05, 3.63) is 60.7 Å². The number of carbonyl (C=O) groups excluding carboxylic acids is 2. The number of aromatic nitrogens is 1. The number of carbonyl (C=O) groups is 2. The first-order chi connectivity index (χ1) is 14.0. The lowest BCUT2D eigenvalue weighted by molar-refractivity contribution is -0.130. The van der Waals surface area contributed by atoms with Crippen LogP contribution < -0.4 is 5.32 Å². The minimum absolute atomic E-state index is 0.217. The van der Waals surface area contributed by atoms with E-state index in [9.17, 15) is 9.59 Å². The number of benzene rings is 2. The molecule has 29 heavy (non-hydrogen) atoms. The molecule has 0 bridgehead atoms. The molecule has 1 saturated heterocycles. The smallest absolute Gasteiger partial charge is 0.325 e. The molecular formula is C22H21N3O3S. The lowest BCUT2D eigenvalue weighted by Gasteiger charge is -2.15. The molecule has 0 aliphatic carbocycles. The molecule has 1 N–H and O–H groups in total. The number of amides is 3. The summed E-state index contributed by atoms with van der Waals surface area (Å²) >= 11 is 1.38. The highest BCUT2D eigenvalue weighted by atomic mass is 32.2. The Balaban J connectivity index is 1.54. The molecule has 0 radical (unpaired) electrons. The van der Waals surface area contributed by atoms with Crippen LogP contribution in [-0.2, 0) is 4.79 Å². The fourth-order valence-electron chi connectivity index (χ4n) is 3.18. The number of oxazole rings is 1. The third-order valence-electron chi connectivity index (χ3n) is 4.68. The molecule has 3 aromatic rings. The van der Waals surface area contributed by atoms with Crippen LogP contribution in [0.2, 0.25) is 0 Å². The van der Waals surface area contributed by atoms with E-state index in [0.717, 1.165) is 16.8 Å². The maximum atomic E-state index is 12.3. The predicted octanol–water partition coefficient (Wildman–Crippen LogP) is 4.43. The summed E-state index contributed by atoms with van der Waals surface area (Å²) in [5, 5.41) is 3.20. The lowest BCUT2D eigenvalue weighted by atomic mass is 10.1. The Morgan fingerprint density at radius 1 is 1.00 bits per heavy atom. The summed E-state index contributed by atoms with van der Waals surface area (Å²) in [7, 11) is 0. The molecule has 4 rings (SSSR count). The highest BCUT2D eigenvalue weighted by Crippen LogP contribution is 2.35. The van der Waals surface area contributed by atoms with E-state index in [-0.39, 0.29) is 11.9 Å². The maximum absolute atomic E-state index is 12.3. The molecule has 1 aliphatic rings. The fourth-order valence-corrected chi connectivity index (χ4v) is 3.93. The number of imide groups is 1. The van der Waals surface area contributed by atoms with Gasteiger partial charge in [-0.15, -0.1) is 0 Å². The van der Waals surface area contributed by atoms with Crippen LogP contribution in [0.5, 0.6) is 0 Å². The molecule has 0 saturated carbocycles. The Kier molecular flexibility index (Phi) is 5.15. The third kappa shape index (κ3) is 3.91. The maximum Gasteiger partial charge on any atom is 0.325 e. The number of nitrogens with one attached hydrogen (secondary N) is 1. The van der Waals surface area contributed by atoms with E-state index in [1.165, 1.54) is 16.7 Å². The van der Waals surface area contributed by atoms with E-state index < -0.39 is 5.54 Å². The average molecular weight is 407 g/mol. The van der Waals surface area contributed by atoms with Crippen molar-refractivity contribution < 1.29 is 14.0 Å². The van der Waals surface area contributed by atoms with Gasteiger partial charge in [-0.05, 0) is 13.8 Å². The van der Waals surface area contributed by atoms with Gasteiger partial charge in [-0.25, -0.2) is 9.78 Å². The monoisotopic (exact) mass is 407 g/mol. The first kappa shape index (κ1) is 19.3. The zero-order valence-corrected chi connectivity index (χ0v) is 17.0. The average Bonchev–Trinajstić information content (AvgIpc) is 3.23. The normalized spacial score (nSPS) is 15.6. The minimum atomic E-state index is -0.856. The fraction of sp³-hybridized carbons (Fsp3) is 0.227. The van der Waals surface area contributed by atoms with E-state index in [0.29, 0.717) is 23.3 Å². The topological polar surface area (TPSA) is 75.4 Å². The van der Waals surface area contributed by atoms with E-state index in [2.05, 4.69) is 10.3 Å². The number of rotatable bonds is 6. The van der Waals surface area contributed by atoms with Crippen LogP contribution in [0, 0.1) is 0 Å². The molecule has 0 atom stereocenters. The van der Waals surface area contributed by atoms with Crippen molar-refractivity contribution >= 4 is 23.7 Å². The largest absolute Gasteiger partial charge is 0.431 e. The molecule has 1 fully saturated rings. The Hall–Kier alpha value is -3.06. The molecule has 2 heterocycles. The van der Waals surface area contributed by atoms with Gasteiger partial charge >= 0.3 is 6.03 Å². The highest BCUT2D eigenvalue weighted by molar-refractivity contribution is 7.99. The first-order valence-corrected chi connectivity index (χ1v) is 10.3. The zero-order chi connectivity index (χ0) is 20.4. The van der Waals surface area contributed by atoms with Crippen LogP contribution in [0.3, 0.4) is 0 Å². The first-order valence-electron chi connectivity index (χ1n) is 9.34. The van der Waals surface area contributed by atoms with Gasteiger partial charge in [0.05, 0.1) is 0 Å². The van der Waals surface area contributed by atoms with Crippen LogP contribution in [-0.4, -0.2) is 39.7 Å². The van der Waals surface area contributed by atoms with E-state index in [4.69, 9.17) is 4.42 Å². The van der Waals surface area contributed by atoms with Gasteiger partial charge in [0.1, 0.15) is 11.2 Å². The van der Waals surface area contributed by atoms with Crippen LogP contribution in [0.15, 0.2) is 70.3 Å². The molecule has 0 unspecified atom stereocenters. The molecule has 1 aromatic heterocycles. The van der Waals surface area contributed by atoms with E-state index in [1.54, 1.807) is 13.8 Å². The summed E-state index contributed by atoms with van der Waals surface area (Å²) in [4.78, 5) is 30.2. The quantitative estimate of drug-likeness (QED) is 0.483. The summed E-state index contributed by atoms with van der Waals surface area (Å²) < 4.78 is 6.06. The number of nitrogens with zero attached hydrogens (tertiary/aromatic N) is 2. The van der Waals surface area contributed by atoms with Gasteiger partial charge < -0.3 is 9.73 Å². The van der Waals surface area contributed by atoms with Crippen LogP contribution in [0.4, 0.5) is 4.79 Å². The van der Waals surface area contributed by atoms with E-state index >= 15 is 0 Å². The Bertz CT molecular complexity index is 975. The number of urea groups is 1. The second-order valence-corrected chi connectivity index (χ2v) is 8.30. The van der Waals surface area contributed by atoms with Crippen molar-refractivity contribution in [3.8, 4) is 22.6 Å². The highest BCUT2D eigenvalue weighted by Gasteiger charge is 2.43. The Labute approximate surface area is 173 Å². The summed E-state index contributed by atoms with van der Waals surface area (Å²) in [6.07, 6.45) is 0. The van der Waals surface area contributed by atoms with Gasteiger partial charge in [-0.3, -0.25) is 9.69 Å². The predicted molar refractivity (Wildman–Crippen MR) is 112 cm³/mol. The molecule has 0 spiro atoms. The second-order valence-electron chi connectivity index (χ2n) is 7.25. The van der Waals surface area contributed by atoms with Crippen LogP contribution in [0.1, 0.15) is 13.8 Å². The Morgan fingerprint density at radius 2 is 1.62 bits per heavy atom. The molecule has 1 aliphatic heterocycles. The number of thioether (sulfide) groups is 1. The van der Waals surface area contributed by atoms with Crippen molar-refractivity contribution in [1.29, 1.82) is 0 Å². The molecule has 2 aromatic carbocycles. The summed E-state index contributed by atoms with van der Waals surface area (Å²) in [6.45, 7) is 3.70. The molecular weight excluding hydrogens is 386 g/mol. The van der Waals surface area contributed by atoms with Crippen molar-refractivity contribution in [2.45, 2.75) is 24.6 Å². The van der Waals surface area contributed by atoms with Gasteiger partial charge in [0.15, 0.2) is 5.76 Å². The minimum Gasteiger partial charge on any atom is -0.431 e. The third-order valence-corrected chi connectivity index (χ3v) is 5.48. The number of hydrogen-bond donors (Lipinski definition) is 1. The molecule has 6 nitrogen and oxygen atoms in total. The van der Waals surface area contributed by atoms with Gasteiger partial charge in [-0.1, -0.05) is 72.4 Å². The van der Waals surface area contributed by atoms with Crippen LogP contribution in [0.25, 0.3) is 22.6 Å². The van der Waals surface area contributed by atoms with E-state index in [1.807, 2.05) is 60.7 Å². The van der Waals surface area contributed by atoms with Crippen molar-refractivity contribution in [2.24, 2.45) is 0 Å². The second kappa shape index (κ2) is 7.75. The number of hydrogen-bond acceptors (Lipinski definition) is 5. The molecule has 7 heteroatoms. The summed E-state index contributed by atoms with van der Waals surface area (Å²) in [5.41, 5.74) is 1.83. The lowest BCUT2D eigenvalue weighted by Crippen LogP contribution is -2.40. The standard InChI is InChI=1S/C22H21N3O3S/c1-22(2)19(26)25(20(27)24-22)13-14-29-21-23-17(15-9-5-3-6-10-15)18(28-21)16-11-7-4-8-12-16/h3-12H,13-14H2,1-2H3,(H,24,27). The molecule has 148 valence electrons. The SMILES string of the molecule is CC1(C)NC(=O)N(CCSc2nc(-c3ccccc3)c(-c3ccccc3)o2)C1=O.